The van der Waals surface area contributed by atoms with Gasteiger partial charge >= 0.3 is 0 Å². The average Bonchev–Trinajstić information content (AvgIpc) is 3.25. The molecule has 0 atom stereocenters. The van der Waals surface area contributed by atoms with Crippen LogP contribution in [0.3, 0.4) is 0 Å². The van der Waals surface area contributed by atoms with Gasteiger partial charge in [0.05, 0.1) is 23.5 Å². The monoisotopic (exact) mass is 467 g/mol. The van der Waals surface area contributed by atoms with E-state index >= 15 is 0 Å². The maximum atomic E-state index is 14.3. The number of ether oxygens (including phenoxy) is 1. The SMILES string of the molecule is CCCCCOc1cccc(C(=O)N(Cc2ccccn2)c2nc3c(F)cc(F)cc3s2)c1. The number of rotatable bonds is 9. The van der Waals surface area contributed by atoms with Crippen LogP contribution in [0.4, 0.5) is 13.9 Å². The maximum absolute atomic E-state index is 14.3. The van der Waals surface area contributed by atoms with Crippen LogP contribution in [0, 0.1) is 11.6 Å². The summed E-state index contributed by atoms with van der Waals surface area (Å²) in [6, 6.07) is 14.4. The second kappa shape index (κ2) is 10.5. The molecule has 0 saturated heterocycles. The lowest BCUT2D eigenvalue weighted by Crippen LogP contribution is -2.30. The zero-order chi connectivity index (χ0) is 23.2. The number of carbonyl (C=O) groups excluding carboxylic acids is 1. The molecule has 2 aromatic carbocycles. The Labute approximate surface area is 194 Å². The Bertz CT molecular complexity index is 1250. The molecule has 0 radical (unpaired) electrons. The van der Waals surface area contributed by atoms with E-state index in [1.165, 1.54) is 11.0 Å². The summed E-state index contributed by atoms with van der Waals surface area (Å²) in [5, 5.41) is 0.263. The number of unbranched alkanes of at least 4 members (excludes halogenated alkanes) is 2. The molecule has 0 fully saturated rings. The number of anilines is 1. The summed E-state index contributed by atoms with van der Waals surface area (Å²) in [6.45, 7) is 2.83. The Morgan fingerprint density at radius 3 is 2.76 bits per heavy atom. The van der Waals surface area contributed by atoms with Crippen LogP contribution in [0.25, 0.3) is 10.2 Å². The largest absolute Gasteiger partial charge is 0.494 e. The van der Waals surface area contributed by atoms with Crippen LogP contribution in [0.1, 0.15) is 42.2 Å². The van der Waals surface area contributed by atoms with Crippen molar-refractivity contribution in [3.63, 3.8) is 0 Å². The van der Waals surface area contributed by atoms with E-state index in [0.29, 0.717) is 28.3 Å². The summed E-state index contributed by atoms with van der Waals surface area (Å²) in [4.78, 5) is 23.6. The van der Waals surface area contributed by atoms with Gasteiger partial charge in [-0.05, 0) is 42.8 Å². The summed E-state index contributed by atoms with van der Waals surface area (Å²) >= 11 is 1.05. The molecule has 0 saturated carbocycles. The van der Waals surface area contributed by atoms with Crippen molar-refractivity contribution >= 4 is 32.6 Å². The van der Waals surface area contributed by atoms with E-state index in [4.69, 9.17) is 4.74 Å². The topological polar surface area (TPSA) is 55.3 Å². The number of amides is 1. The summed E-state index contributed by atoms with van der Waals surface area (Å²) < 4.78 is 34.1. The molecule has 5 nitrogen and oxygen atoms in total. The molecule has 0 unspecified atom stereocenters. The van der Waals surface area contributed by atoms with Gasteiger partial charge < -0.3 is 4.74 Å². The zero-order valence-electron chi connectivity index (χ0n) is 18.1. The normalized spacial score (nSPS) is 11.0. The van der Waals surface area contributed by atoms with E-state index in [-0.39, 0.29) is 23.1 Å². The lowest BCUT2D eigenvalue weighted by Gasteiger charge is -2.20. The summed E-state index contributed by atoms with van der Waals surface area (Å²) in [5.74, 6) is -1.18. The van der Waals surface area contributed by atoms with Crippen molar-refractivity contribution in [2.24, 2.45) is 0 Å². The van der Waals surface area contributed by atoms with Gasteiger partial charge in [-0.3, -0.25) is 14.7 Å². The van der Waals surface area contributed by atoms with Gasteiger partial charge in [-0.2, -0.15) is 0 Å². The van der Waals surface area contributed by atoms with Crippen LogP contribution in [0.5, 0.6) is 5.75 Å². The van der Waals surface area contributed by atoms with E-state index in [1.54, 1.807) is 36.5 Å². The van der Waals surface area contributed by atoms with E-state index in [9.17, 15) is 13.6 Å². The van der Waals surface area contributed by atoms with Crippen LogP contribution >= 0.6 is 11.3 Å². The number of aromatic nitrogens is 2. The molecule has 0 bridgehead atoms. The van der Waals surface area contributed by atoms with Crippen LogP contribution in [-0.2, 0) is 6.54 Å². The van der Waals surface area contributed by atoms with Crippen LogP contribution < -0.4 is 9.64 Å². The molecule has 1 amide bonds. The molecule has 4 rings (SSSR count). The van der Waals surface area contributed by atoms with Crippen molar-refractivity contribution in [3.8, 4) is 5.75 Å². The first-order valence-corrected chi connectivity index (χ1v) is 11.6. The van der Waals surface area contributed by atoms with Crippen molar-refractivity contribution in [1.82, 2.24) is 9.97 Å². The van der Waals surface area contributed by atoms with Gasteiger partial charge in [0, 0.05) is 17.8 Å². The van der Waals surface area contributed by atoms with Gasteiger partial charge in [0.15, 0.2) is 10.9 Å². The minimum Gasteiger partial charge on any atom is -0.494 e. The lowest BCUT2D eigenvalue weighted by atomic mass is 10.2. The standard InChI is InChI=1S/C25H23F2N3O2S/c1-2-3-6-12-32-20-10-7-8-17(13-20)24(31)30(16-19-9-4-5-11-28-19)25-29-23-21(27)14-18(26)15-22(23)33-25/h4-5,7-11,13-15H,2-3,6,12,16H2,1H3. The van der Waals surface area contributed by atoms with Crippen LogP contribution in [-0.4, -0.2) is 22.5 Å². The lowest BCUT2D eigenvalue weighted by molar-refractivity contribution is 0.0984. The molecular weight excluding hydrogens is 444 g/mol. The highest BCUT2D eigenvalue weighted by atomic mass is 32.1. The van der Waals surface area contributed by atoms with E-state index < -0.39 is 11.6 Å². The highest BCUT2D eigenvalue weighted by molar-refractivity contribution is 7.22. The van der Waals surface area contributed by atoms with E-state index in [2.05, 4.69) is 16.9 Å². The van der Waals surface area contributed by atoms with Crippen molar-refractivity contribution in [1.29, 1.82) is 0 Å². The first-order chi connectivity index (χ1) is 16.0. The highest BCUT2D eigenvalue weighted by Crippen LogP contribution is 2.33. The van der Waals surface area contributed by atoms with E-state index in [0.717, 1.165) is 36.7 Å². The fourth-order valence-electron chi connectivity index (χ4n) is 3.36. The molecule has 2 heterocycles. The number of benzene rings is 2. The van der Waals surface area contributed by atoms with Gasteiger partial charge in [-0.1, -0.05) is 43.2 Å². The third kappa shape index (κ3) is 5.51. The number of carbonyl (C=O) groups is 1. The van der Waals surface area contributed by atoms with Gasteiger partial charge in [0.2, 0.25) is 0 Å². The average molecular weight is 468 g/mol. The molecule has 2 aromatic heterocycles. The number of hydrogen-bond acceptors (Lipinski definition) is 5. The number of fused-ring (bicyclic) bond motifs is 1. The Morgan fingerprint density at radius 1 is 1.09 bits per heavy atom. The molecule has 8 heteroatoms. The fourth-order valence-corrected chi connectivity index (χ4v) is 4.36. The molecule has 33 heavy (non-hydrogen) atoms. The Morgan fingerprint density at radius 2 is 1.97 bits per heavy atom. The van der Waals surface area contributed by atoms with Gasteiger partial charge in [-0.25, -0.2) is 13.8 Å². The van der Waals surface area contributed by atoms with Gasteiger partial charge in [0.25, 0.3) is 5.91 Å². The minimum atomic E-state index is -0.764. The minimum absolute atomic E-state index is 0.0308. The summed E-state index contributed by atoms with van der Waals surface area (Å²) in [7, 11) is 0. The fraction of sp³-hybridized carbons (Fsp3) is 0.240. The number of halogens is 2. The molecule has 170 valence electrons. The molecule has 0 spiro atoms. The predicted molar refractivity (Wildman–Crippen MR) is 126 cm³/mol. The Kier molecular flexibility index (Phi) is 7.24. The van der Waals surface area contributed by atoms with Crippen molar-refractivity contribution in [2.45, 2.75) is 32.7 Å². The quantitative estimate of drug-likeness (QED) is 0.268. The van der Waals surface area contributed by atoms with E-state index in [1.807, 2.05) is 12.1 Å². The van der Waals surface area contributed by atoms with Crippen molar-refractivity contribution in [2.75, 3.05) is 11.5 Å². The smallest absolute Gasteiger partial charge is 0.260 e. The molecule has 0 aliphatic carbocycles. The molecule has 4 aromatic rings. The second-order valence-electron chi connectivity index (χ2n) is 7.53. The highest BCUT2D eigenvalue weighted by Gasteiger charge is 2.24. The Balaban J connectivity index is 1.67. The summed E-state index contributed by atoms with van der Waals surface area (Å²) in [5.41, 5.74) is 1.08. The van der Waals surface area contributed by atoms with Crippen molar-refractivity contribution < 1.29 is 18.3 Å². The van der Waals surface area contributed by atoms with Gasteiger partial charge in [-0.15, -0.1) is 0 Å². The van der Waals surface area contributed by atoms with Crippen molar-refractivity contribution in [3.05, 3.63) is 83.7 Å². The summed E-state index contributed by atoms with van der Waals surface area (Å²) in [6.07, 6.45) is 4.74. The molecule has 0 aliphatic heterocycles. The predicted octanol–water partition coefficient (Wildman–Crippen LogP) is 6.39. The van der Waals surface area contributed by atoms with Gasteiger partial charge in [0.1, 0.15) is 17.1 Å². The third-order valence-corrected chi connectivity index (χ3v) is 6.05. The first-order valence-electron chi connectivity index (χ1n) is 10.8. The second-order valence-corrected chi connectivity index (χ2v) is 8.54. The number of thiazole rings is 1. The zero-order valence-corrected chi connectivity index (χ0v) is 18.9. The molecule has 0 N–H and O–H groups in total. The van der Waals surface area contributed by atoms with Crippen LogP contribution in [0.15, 0.2) is 60.8 Å². The molecular formula is C25H23F2N3O2S. The maximum Gasteiger partial charge on any atom is 0.260 e. The number of pyridine rings is 1. The Hall–Kier alpha value is -3.39. The molecule has 0 aliphatic rings. The number of hydrogen-bond donors (Lipinski definition) is 0. The number of nitrogens with zero attached hydrogens (tertiary/aromatic N) is 3. The van der Waals surface area contributed by atoms with Crippen LogP contribution in [0.2, 0.25) is 0 Å². The third-order valence-electron chi connectivity index (χ3n) is 5.02. The first kappa shape index (κ1) is 22.8.